The minimum Gasteiger partial charge on any atom is -0.395 e. The van der Waals surface area contributed by atoms with Crippen LogP contribution in [0.5, 0.6) is 0 Å². The van der Waals surface area contributed by atoms with Crippen molar-refractivity contribution in [2.24, 2.45) is 11.5 Å². The Morgan fingerprint density at radius 2 is 2.40 bits per heavy atom. The van der Waals surface area contributed by atoms with Crippen molar-refractivity contribution in [1.82, 2.24) is 10.2 Å². The fourth-order valence-corrected chi connectivity index (χ4v) is 1.85. The van der Waals surface area contributed by atoms with Crippen LogP contribution in [0.1, 0.15) is 12.8 Å². The van der Waals surface area contributed by atoms with Gasteiger partial charge in [0.25, 0.3) is 0 Å². The van der Waals surface area contributed by atoms with Gasteiger partial charge < -0.3 is 26.8 Å². The van der Waals surface area contributed by atoms with Crippen molar-refractivity contribution in [2.45, 2.75) is 24.9 Å². The first-order valence-corrected chi connectivity index (χ1v) is 5.33. The zero-order valence-corrected chi connectivity index (χ0v) is 8.95. The molecule has 7 N–H and O–H groups in total. The molecular weight excluding hydrogens is 194 g/mol. The lowest BCUT2D eigenvalue weighted by molar-refractivity contribution is 0.200. The van der Waals surface area contributed by atoms with Gasteiger partial charge in [-0.1, -0.05) is 0 Å². The third kappa shape index (κ3) is 3.65. The highest BCUT2D eigenvalue weighted by molar-refractivity contribution is 5.75. The van der Waals surface area contributed by atoms with Crippen molar-refractivity contribution in [3.63, 3.8) is 0 Å². The van der Waals surface area contributed by atoms with E-state index < -0.39 is 0 Å². The van der Waals surface area contributed by atoms with Gasteiger partial charge in [-0.25, -0.2) is 0 Å². The molecule has 2 atom stereocenters. The van der Waals surface area contributed by atoms with E-state index in [-0.39, 0.29) is 24.7 Å². The summed E-state index contributed by atoms with van der Waals surface area (Å²) in [4.78, 5) is 1.77. The highest BCUT2D eigenvalue weighted by atomic mass is 16.3. The molecule has 1 fully saturated rings. The Balaban J connectivity index is 2.51. The normalized spacial score (nSPS) is 23.5. The summed E-state index contributed by atoms with van der Waals surface area (Å²) >= 11 is 0. The molecule has 6 nitrogen and oxygen atoms in total. The van der Waals surface area contributed by atoms with Crippen molar-refractivity contribution in [3.05, 3.63) is 0 Å². The largest absolute Gasteiger partial charge is 0.395 e. The summed E-state index contributed by atoms with van der Waals surface area (Å²) in [5.74, 6) is 0.0348. The average molecular weight is 215 g/mol. The third-order valence-corrected chi connectivity index (χ3v) is 2.69. The molecule has 1 rings (SSSR count). The van der Waals surface area contributed by atoms with Crippen LogP contribution in [0.2, 0.25) is 0 Å². The van der Waals surface area contributed by atoms with E-state index in [1.54, 1.807) is 4.90 Å². The van der Waals surface area contributed by atoms with E-state index in [4.69, 9.17) is 22.0 Å². The fraction of sp³-hybridized carbons (Fsp3) is 0.889. The zero-order chi connectivity index (χ0) is 11.3. The van der Waals surface area contributed by atoms with Gasteiger partial charge in [0, 0.05) is 25.2 Å². The number of guanidine groups is 1. The maximum atomic E-state index is 8.89. The van der Waals surface area contributed by atoms with Crippen molar-refractivity contribution in [1.29, 1.82) is 5.41 Å². The molecule has 1 aliphatic heterocycles. The van der Waals surface area contributed by atoms with Crippen LogP contribution in [0.4, 0.5) is 0 Å². The Morgan fingerprint density at radius 1 is 1.67 bits per heavy atom. The molecule has 0 aliphatic carbocycles. The topological polar surface area (TPSA) is 111 Å². The van der Waals surface area contributed by atoms with Gasteiger partial charge in [0.15, 0.2) is 5.96 Å². The smallest absolute Gasteiger partial charge is 0.188 e. The van der Waals surface area contributed by atoms with E-state index in [1.807, 2.05) is 0 Å². The lowest BCUT2D eigenvalue weighted by Crippen LogP contribution is -2.55. The summed E-state index contributed by atoms with van der Waals surface area (Å²) in [6.07, 6.45) is 2.10. The summed E-state index contributed by atoms with van der Waals surface area (Å²) in [7, 11) is 0. The first kappa shape index (κ1) is 12.2. The first-order valence-electron chi connectivity index (χ1n) is 5.33. The van der Waals surface area contributed by atoms with Gasteiger partial charge >= 0.3 is 0 Å². The van der Waals surface area contributed by atoms with Crippen LogP contribution in [0.25, 0.3) is 0 Å². The second kappa shape index (κ2) is 5.89. The molecular formula is C9H21N5O. The van der Waals surface area contributed by atoms with Gasteiger partial charge in [-0.05, 0) is 19.4 Å². The third-order valence-electron chi connectivity index (χ3n) is 2.69. The van der Waals surface area contributed by atoms with E-state index in [9.17, 15) is 0 Å². The minimum atomic E-state index is -0.337. The molecule has 15 heavy (non-hydrogen) atoms. The van der Waals surface area contributed by atoms with Crippen LogP contribution >= 0.6 is 0 Å². The number of hydrogen-bond donors (Lipinski definition) is 5. The van der Waals surface area contributed by atoms with E-state index in [0.717, 1.165) is 25.9 Å². The van der Waals surface area contributed by atoms with Crippen molar-refractivity contribution >= 4 is 5.96 Å². The number of rotatable bonds is 4. The molecule has 0 aromatic rings. The molecule has 0 radical (unpaired) electrons. The van der Waals surface area contributed by atoms with Crippen LogP contribution in [-0.2, 0) is 0 Å². The number of piperidine rings is 1. The molecule has 0 spiro atoms. The summed E-state index contributed by atoms with van der Waals surface area (Å²) in [5.41, 5.74) is 11.2. The molecule has 1 heterocycles. The molecule has 0 amide bonds. The maximum Gasteiger partial charge on any atom is 0.188 e. The molecule has 0 bridgehead atoms. The lowest BCUT2D eigenvalue weighted by atomic mass is 10.1. The SMILES string of the molecule is N=C(N)N(C[C@H](N)CO)C1CCCNC1. The lowest BCUT2D eigenvalue weighted by Gasteiger charge is -2.36. The fourth-order valence-electron chi connectivity index (χ4n) is 1.85. The molecule has 0 aromatic heterocycles. The highest BCUT2D eigenvalue weighted by Crippen LogP contribution is 2.09. The Morgan fingerprint density at radius 3 is 2.87 bits per heavy atom. The van der Waals surface area contributed by atoms with Gasteiger partial charge in [-0.2, -0.15) is 0 Å². The van der Waals surface area contributed by atoms with E-state index in [1.165, 1.54) is 0 Å². The minimum absolute atomic E-state index is 0.0348. The van der Waals surface area contributed by atoms with Crippen molar-refractivity contribution < 1.29 is 5.11 Å². The van der Waals surface area contributed by atoms with Gasteiger partial charge in [0.2, 0.25) is 0 Å². The molecule has 6 heteroatoms. The second-order valence-corrected chi connectivity index (χ2v) is 3.98. The van der Waals surface area contributed by atoms with Gasteiger partial charge in [0.1, 0.15) is 0 Å². The molecule has 1 saturated heterocycles. The highest BCUT2D eigenvalue weighted by Gasteiger charge is 2.23. The van der Waals surface area contributed by atoms with Crippen LogP contribution in [-0.4, -0.2) is 54.3 Å². The van der Waals surface area contributed by atoms with Crippen LogP contribution in [0.3, 0.4) is 0 Å². The van der Waals surface area contributed by atoms with Crippen LogP contribution < -0.4 is 16.8 Å². The molecule has 0 aromatic carbocycles. The van der Waals surface area contributed by atoms with Gasteiger partial charge in [-0.3, -0.25) is 5.41 Å². The molecule has 88 valence electrons. The number of nitrogens with zero attached hydrogens (tertiary/aromatic N) is 1. The predicted molar refractivity (Wildman–Crippen MR) is 59.6 cm³/mol. The molecule has 1 unspecified atom stereocenters. The second-order valence-electron chi connectivity index (χ2n) is 3.98. The summed E-state index contributed by atoms with van der Waals surface area (Å²) in [5, 5.41) is 19.6. The number of aliphatic hydroxyl groups is 1. The number of hydrogen-bond acceptors (Lipinski definition) is 4. The average Bonchev–Trinajstić information content (AvgIpc) is 2.26. The van der Waals surface area contributed by atoms with Crippen LogP contribution in [0.15, 0.2) is 0 Å². The Labute approximate surface area is 90.1 Å². The van der Waals surface area contributed by atoms with E-state index in [0.29, 0.717) is 6.54 Å². The Hall–Kier alpha value is -0.850. The summed E-state index contributed by atoms with van der Waals surface area (Å²) < 4.78 is 0. The number of nitrogens with one attached hydrogen (secondary N) is 2. The van der Waals surface area contributed by atoms with Gasteiger partial charge in [0.05, 0.1) is 6.61 Å². The van der Waals surface area contributed by atoms with E-state index >= 15 is 0 Å². The van der Waals surface area contributed by atoms with Crippen LogP contribution in [0, 0.1) is 5.41 Å². The zero-order valence-electron chi connectivity index (χ0n) is 8.95. The van der Waals surface area contributed by atoms with Crippen molar-refractivity contribution in [3.8, 4) is 0 Å². The first-order chi connectivity index (χ1) is 7.15. The maximum absolute atomic E-state index is 8.89. The monoisotopic (exact) mass is 215 g/mol. The number of nitrogens with two attached hydrogens (primary N) is 2. The Bertz CT molecular complexity index is 205. The summed E-state index contributed by atoms with van der Waals surface area (Å²) in [6, 6.07) is -0.107. The number of aliphatic hydroxyl groups excluding tert-OH is 1. The standard InChI is InChI=1S/C9H21N5O/c10-7(6-15)5-14(9(11)12)8-2-1-3-13-4-8/h7-8,13,15H,1-6,10H2,(H3,11,12)/t7-,8?/m0/s1. The van der Waals surface area contributed by atoms with E-state index in [2.05, 4.69) is 5.32 Å². The molecule has 0 saturated carbocycles. The molecule has 1 aliphatic rings. The van der Waals surface area contributed by atoms with Gasteiger partial charge in [-0.15, -0.1) is 0 Å². The quantitative estimate of drug-likeness (QED) is 0.282. The Kier molecular flexibility index (Phi) is 4.80. The predicted octanol–water partition coefficient (Wildman–Crippen LogP) is -1.75. The van der Waals surface area contributed by atoms with Crippen molar-refractivity contribution in [2.75, 3.05) is 26.2 Å². The summed E-state index contributed by atoms with van der Waals surface area (Å²) in [6.45, 7) is 2.22.